The number of aryl methyl sites for hydroxylation is 1. The average molecular weight is 455 g/mol. The molecular formula is C24H20Cl2N2O3. The number of nitrogens with zero attached hydrogens (tertiary/aromatic N) is 1. The van der Waals surface area contributed by atoms with Crippen molar-refractivity contribution in [1.29, 1.82) is 0 Å². The highest BCUT2D eigenvalue weighted by Crippen LogP contribution is 2.36. The molecule has 0 saturated heterocycles. The second kappa shape index (κ2) is 8.61. The minimum absolute atomic E-state index is 0.189. The van der Waals surface area contributed by atoms with E-state index in [9.17, 15) is 9.90 Å². The first-order chi connectivity index (χ1) is 14.9. The van der Waals surface area contributed by atoms with Gasteiger partial charge in [0.05, 0.1) is 18.5 Å². The summed E-state index contributed by atoms with van der Waals surface area (Å²) in [4.78, 5) is 18.0. The summed E-state index contributed by atoms with van der Waals surface area (Å²) in [6.45, 7) is 1.81. The highest BCUT2D eigenvalue weighted by Gasteiger charge is 2.28. The minimum atomic E-state index is -0.679. The summed E-state index contributed by atoms with van der Waals surface area (Å²) < 4.78 is 5.48. The van der Waals surface area contributed by atoms with Crippen LogP contribution in [0, 0.1) is 6.92 Å². The van der Waals surface area contributed by atoms with E-state index in [1.165, 1.54) is 7.11 Å². The average Bonchev–Trinajstić information content (AvgIpc) is 2.88. The summed E-state index contributed by atoms with van der Waals surface area (Å²) in [6, 6.07) is 15.3. The summed E-state index contributed by atoms with van der Waals surface area (Å²) in [5, 5.41) is 14.0. The van der Waals surface area contributed by atoms with Crippen molar-refractivity contribution < 1.29 is 14.6 Å². The van der Waals surface area contributed by atoms with Crippen LogP contribution in [0.25, 0.3) is 0 Å². The lowest BCUT2D eigenvalue weighted by atomic mass is 9.98. The van der Waals surface area contributed by atoms with Crippen molar-refractivity contribution >= 4 is 40.5 Å². The van der Waals surface area contributed by atoms with Gasteiger partial charge in [-0.1, -0.05) is 35.3 Å². The predicted molar refractivity (Wildman–Crippen MR) is 124 cm³/mol. The molecule has 31 heavy (non-hydrogen) atoms. The van der Waals surface area contributed by atoms with E-state index >= 15 is 0 Å². The number of amides is 1. The van der Waals surface area contributed by atoms with E-state index < -0.39 is 6.04 Å². The fourth-order valence-corrected chi connectivity index (χ4v) is 3.90. The van der Waals surface area contributed by atoms with Crippen molar-refractivity contribution in [2.45, 2.75) is 19.4 Å². The number of ether oxygens (including phenoxy) is 1. The Bertz CT molecular complexity index is 1190. The van der Waals surface area contributed by atoms with Crippen LogP contribution in [-0.2, 0) is 11.2 Å². The zero-order valence-electron chi connectivity index (χ0n) is 16.9. The zero-order valence-corrected chi connectivity index (χ0v) is 18.5. The lowest BCUT2D eigenvalue weighted by Crippen LogP contribution is -2.27. The summed E-state index contributed by atoms with van der Waals surface area (Å²) in [7, 11) is 1.52. The zero-order chi connectivity index (χ0) is 22.1. The molecule has 158 valence electrons. The van der Waals surface area contributed by atoms with Crippen LogP contribution < -0.4 is 10.1 Å². The number of aliphatic imine (C=N–C) groups is 1. The molecule has 5 nitrogen and oxygen atoms in total. The number of hydrogen-bond acceptors (Lipinski definition) is 4. The maximum absolute atomic E-state index is 13.1. The fourth-order valence-electron chi connectivity index (χ4n) is 3.56. The third-order valence-electron chi connectivity index (χ3n) is 5.19. The van der Waals surface area contributed by atoms with Crippen molar-refractivity contribution in [2.75, 3.05) is 12.4 Å². The first-order valence-electron chi connectivity index (χ1n) is 9.66. The van der Waals surface area contributed by atoms with E-state index in [0.29, 0.717) is 44.7 Å². The lowest BCUT2D eigenvalue weighted by Gasteiger charge is -2.15. The van der Waals surface area contributed by atoms with E-state index in [0.717, 1.165) is 11.1 Å². The molecule has 1 amide bonds. The molecule has 1 aliphatic heterocycles. The number of rotatable bonds is 4. The van der Waals surface area contributed by atoms with Gasteiger partial charge in [-0.3, -0.25) is 9.79 Å². The monoisotopic (exact) mass is 454 g/mol. The molecule has 0 fully saturated rings. The van der Waals surface area contributed by atoms with Gasteiger partial charge in [-0.15, -0.1) is 0 Å². The highest BCUT2D eigenvalue weighted by atomic mass is 35.5. The molecule has 7 heteroatoms. The number of carbonyl (C=O) groups is 1. The number of halogens is 2. The van der Waals surface area contributed by atoms with Crippen LogP contribution in [0.4, 0.5) is 5.69 Å². The van der Waals surface area contributed by atoms with Crippen LogP contribution in [0.1, 0.15) is 22.3 Å². The van der Waals surface area contributed by atoms with Crippen LogP contribution in [0.3, 0.4) is 0 Å². The van der Waals surface area contributed by atoms with Crippen LogP contribution in [-0.4, -0.2) is 29.9 Å². The van der Waals surface area contributed by atoms with Gasteiger partial charge in [0, 0.05) is 33.7 Å². The number of fused-ring (bicyclic) bond motifs is 1. The number of benzodiazepines with no additional fused rings is 1. The number of benzene rings is 3. The summed E-state index contributed by atoms with van der Waals surface area (Å²) in [5.74, 6) is 0.391. The molecule has 0 aromatic heterocycles. The van der Waals surface area contributed by atoms with Crippen molar-refractivity contribution in [2.24, 2.45) is 4.99 Å². The van der Waals surface area contributed by atoms with Crippen molar-refractivity contribution in [3.8, 4) is 11.5 Å². The number of phenols is 1. The Morgan fingerprint density at radius 3 is 2.48 bits per heavy atom. The van der Waals surface area contributed by atoms with Gasteiger partial charge in [-0.2, -0.15) is 0 Å². The largest absolute Gasteiger partial charge is 0.508 e. The van der Waals surface area contributed by atoms with Gasteiger partial charge < -0.3 is 15.2 Å². The Morgan fingerprint density at radius 2 is 1.81 bits per heavy atom. The Kier molecular flexibility index (Phi) is 5.90. The number of nitrogens with one attached hydrogen (secondary N) is 1. The molecule has 4 rings (SSSR count). The van der Waals surface area contributed by atoms with Gasteiger partial charge in [0.1, 0.15) is 17.5 Å². The first-order valence-corrected chi connectivity index (χ1v) is 10.4. The van der Waals surface area contributed by atoms with Gasteiger partial charge in [0.15, 0.2) is 0 Å². The van der Waals surface area contributed by atoms with Gasteiger partial charge in [0.2, 0.25) is 5.91 Å². The number of anilines is 1. The SMILES string of the molecule is COc1cc(Cl)cc2c1NC(=O)C(Cc1ccc(Cl)cc1)N=C2c1ccc(O)c(C)c1. The summed E-state index contributed by atoms with van der Waals surface area (Å²) >= 11 is 12.3. The highest BCUT2D eigenvalue weighted by molar-refractivity contribution is 6.32. The number of carbonyl (C=O) groups excluding carboxylic acids is 1. The van der Waals surface area contributed by atoms with Crippen LogP contribution >= 0.6 is 23.2 Å². The summed E-state index contributed by atoms with van der Waals surface area (Å²) in [5.41, 5.74) is 4.16. The molecule has 0 bridgehead atoms. The Labute approximate surface area is 190 Å². The molecule has 0 spiro atoms. The van der Waals surface area contributed by atoms with E-state index in [1.807, 2.05) is 25.1 Å². The maximum atomic E-state index is 13.1. The van der Waals surface area contributed by atoms with Gasteiger partial charge in [-0.05, 0) is 54.4 Å². The van der Waals surface area contributed by atoms with E-state index in [2.05, 4.69) is 5.32 Å². The fraction of sp³-hybridized carbons (Fsp3) is 0.167. The molecule has 3 aromatic rings. The van der Waals surface area contributed by atoms with Crippen LogP contribution in [0.5, 0.6) is 11.5 Å². The van der Waals surface area contributed by atoms with Gasteiger partial charge >= 0.3 is 0 Å². The predicted octanol–water partition coefficient (Wildman–Crippen LogP) is 5.42. The first kappa shape index (κ1) is 21.2. The molecule has 1 atom stereocenters. The van der Waals surface area contributed by atoms with Crippen molar-refractivity contribution in [3.63, 3.8) is 0 Å². The normalized spacial score (nSPS) is 15.5. The number of phenolic OH excluding ortho intramolecular Hbond substituents is 1. The second-order valence-corrected chi connectivity index (χ2v) is 8.22. The van der Waals surface area contributed by atoms with Crippen LogP contribution in [0.15, 0.2) is 59.6 Å². The van der Waals surface area contributed by atoms with E-state index in [1.54, 1.807) is 36.4 Å². The molecule has 0 saturated carbocycles. The third kappa shape index (κ3) is 4.38. The molecule has 3 aromatic carbocycles. The number of hydrogen-bond donors (Lipinski definition) is 2. The maximum Gasteiger partial charge on any atom is 0.249 e. The minimum Gasteiger partial charge on any atom is -0.508 e. The third-order valence-corrected chi connectivity index (χ3v) is 5.66. The van der Waals surface area contributed by atoms with Crippen molar-refractivity contribution in [3.05, 3.63) is 86.9 Å². The number of aromatic hydroxyl groups is 1. The van der Waals surface area contributed by atoms with Gasteiger partial charge in [0.25, 0.3) is 0 Å². The number of methoxy groups -OCH3 is 1. The molecule has 1 unspecified atom stereocenters. The Hall–Kier alpha value is -3.02. The van der Waals surface area contributed by atoms with E-state index in [-0.39, 0.29) is 11.7 Å². The standard InChI is InChI=1S/C24H20Cl2N2O3/c1-13-9-15(5-8-20(13)29)22-18-11-17(26)12-21(31-2)23(18)28-24(30)19(27-22)10-14-3-6-16(25)7-4-14/h3-9,11-12,19,29H,10H2,1-2H3,(H,28,30). The molecule has 2 N–H and O–H groups in total. The molecule has 0 radical (unpaired) electrons. The summed E-state index contributed by atoms with van der Waals surface area (Å²) in [6.07, 6.45) is 0.396. The Morgan fingerprint density at radius 1 is 1.06 bits per heavy atom. The second-order valence-electron chi connectivity index (χ2n) is 7.35. The van der Waals surface area contributed by atoms with Crippen LogP contribution in [0.2, 0.25) is 10.0 Å². The molecule has 1 heterocycles. The van der Waals surface area contributed by atoms with Gasteiger partial charge in [-0.25, -0.2) is 0 Å². The quantitative estimate of drug-likeness (QED) is 0.552. The van der Waals surface area contributed by atoms with Crippen molar-refractivity contribution in [1.82, 2.24) is 0 Å². The Balaban J connectivity index is 1.88. The molecule has 1 aliphatic rings. The molecule has 0 aliphatic carbocycles. The topological polar surface area (TPSA) is 70.9 Å². The van der Waals surface area contributed by atoms with E-state index in [4.69, 9.17) is 32.9 Å². The molecular weight excluding hydrogens is 435 g/mol. The smallest absolute Gasteiger partial charge is 0.249 e. The lowest BCUT2D eigenvalue weighted by molar-refractivity contribution is -0.117.